The Morgan fingerprint density at radius 1 is 1.16 bits per heavy atom. The summed E-state index contributed by atoms with van der Waals surface area (Å²) in [6, 6.07) is 7.36. The first-order valence-corrected chi connectivity index (χ1v) is 9.14. The van der Waals surface area contributed by atoms with Crippen molar-refractivity contribution in [2.75, 3.05) is 39.8 Å². The molecule has 0 aliphatic carbocycles. The topological polar surface area (TPSA) is 66.0 Å². The van der Waals surface area contributed by atoms with E-state index in [1.165, 1.54) is 39.5 Å². The van der Waals surface area contributed by atoms with Crippen molar-refractivity contribution in [3.8, 4) is 0 Å². The van der Waals surface area contributed by atoms with Crippen LogP contribution in [0.4, 0.5) is 0 Å². The van der Waals surface area contributed by atoms with Crippen LogP contribution in [0.25, 0.3) is 0 Å². The molecule has 0 atom stereocenters. The standard InChI is InChI=1S/C19H30N4O2/c1-3-20-19(21-11-14-23-12-5-4-6-13-23)22-15-16-7-9-17(10-8-16)18(24)25-2/h7-10H,3-6,11-15H2,1-2H3,(H2,20,21,22). The van der Waals surface area contributed by atoms with Crippen LogP contribution >= 0.6 is 0 Å². The van der Waals surface area contributed by atoms with Crippen LogP contribution in [0.3, 0.4) is 0 Å². The zero-order valence-electron chi connectivity index (χ0n) is 15.4. The normalized spacial score (nSPS) is 15.7. The summed E-state index contributed by atoms with van der Waals surface area (Å²) in [5.74, 6) is 0.513. The Morgan fingerprint density at radius 3 is 2.52 bits per heavy atom. The number of guanidine groups is 1. The van der Waals surface area contributed by atoms with Gasteiger partial charge in [0, 0.05) is 19.6 Å². The lowest BCUT2D eigenvalue weighted by molar-refractivity contribution is 0.0600. The van der Waals surface area contributed by atoms with Crippen LogP contribution in [-0.4, -0.2) is 56.7 Å². The Balaban J connectivity index is 1.82. The summed E-state index contributed by atoms with van der Waals surface area (Å²) >= 11 is 0. The van der Waals surface area contributed by atoms with Crippen molar-refractivity contribution in [1.29, 1.82) is 0 Å². The van der Waals surface area contributed by atoms with Crippen LogP contribution in [0, 0.1) is 0 Å². The first kappa shape index (κ1) is 19.2. The van der Waals surface area contributed by atoms with Gasteiger partial charge in [-0.2, -0.15) is 0 Å². The van der Waals surface area contributed by atoms with Crippen LogP contribution in [0.15, 0.2) is 29.3 Å². The number of carbonyl (C=O) groups excluding carboxylic acids is 1. The minimum absolute atomic E-state index is 0.317. The summed E-state index contributed by atoms with van der Waals surface area (Å²) in [7, 11) is 1.39. The smallest absolute Gasteiger partial charge is 0.337 e. The number of nitrogens with one attached hydrogen (secondary N) is 2. The third-order valence-corrected chi connectivity index (χ3v) is 4.31. The molecule has 0 spiro atoms. The van der Waals surface area contributed by atoms with Crippen molar-refractivity contribution in [1.82, 2.24) is 15.5 Å². The van der Waals surface area contributed by atoms with Gasteiger partial charge in [-0.15, -0.1) is 0 Å². The van der Waals surface area contributed by atoms with Crippen molar-refractivity contribution in [3.05, 3.63) is 35.4 Å². The van der Waals surface area contributed by atoms with E-state index < -0.39 is 0 Å². The number of piperidine rings is 1. The molecule has 1 aromatic rings. The predicted octanol–water partition coefficient (Wildman–Crippen LogP) is 2.01. The quantitative estimate of drug-likeness (QED) is 0.449. The van der Waals surface area contributed by atoms with E-state index in [9.17, 15) is 4.79 Å². The molecule has 1 aromatic carbocycles. The third-order valence-electron chi connectivity index (χ3n) is 4.31. The summed E-state index contributed by atoms with van der Waals surface area (Å²) in [5.41, 5.74) is 1.61. The highest BCUT2D eigenvalue weighted by molar-refractivity contribution is 5.89. The molecule has 6 heteroatoms. The first-order valence-electron chi connectivity index (χ1n) is 9.14. The van der Waals surface area contributed by atoms with Crippen LogP contribution in [0.2, 0.25) is 0 Å². The van der Waals surface area contributed by atoms with Gasteiger partial charge in [-0.1, -0.05) is 18.6 Å². The van der Waals surface area contributed by atoms with Crippen molar-refractivity contribution in [2.45, 2.75) is 32.7 Å². The number of aliphatic imine (C=N–C) groups is 1. The molecule has 1 aliphatic heterocycles. The van der Waals surface area contributed by atoms with E-state index in [0.717, 1.165) is 31.2 Å². The monoisotopic (exact) mass is 346 g/mol. The largest absolute Gasteiger partial charge is 0.465 e. The lowest BCUT2D eigenvalue weighted by Crippen LogP contribution is -2.42. The van der Waals surface area contributed by atoms with Crippen molar-refractivity contribution in [3.63, 3.8) is 0 Å². The lowest BCUT2D eigenvalue weighted by atomic mass is 10.1. The fourth-order valence-electron chi connectivity index (χ4n) is 2.89. The van der Waals surface area contributed by atoms with Gasteiger partial charge in [-0.25, -0.2) is 9.79 Å². The van der Waals surface area contributed by atoms with Crippen LogP contribution < -0.4 is 10.6 Å². The third kappa shape index (κ3) is 6.74. The molecule has 1 fully saturated rings. The SMILES string of the molecule is CCNC(=NCc1ccc(C(=O)OC)cc1)NCCN1CCCCC1. The van der Waals surface area contributed by atoms with E-state index in [1.807, 2.05) is 12.1 Å². The lowest BCUT2D eigenvalue weighted by Gasteiger charge is -2.26. The number of esters is 1. The van der Waals surface area contributed by atoms with Crippen LogP contribution in [0.5, 0.6) is 0 Å². The number of methoxy groups -OCH3 is 1. The molecule has 2 rings (SSSR count). The number of nitrogens with zero attached hydrogens (tertiary/aromatic N) is 2. The van der Waals surface area contributed by atoms with Crippen molar-refractivity contribution < 1.29 is 9.53 Å². The van der Waals surface area contributed by atoms with Crippen molar-refractivity contribution >= 4 is 11.9 Å². The number of carbonyl (C=O) groups is 1. The fourth-order valence-corrected chi connectivity index (χ4v) is 2.89. The van der Waals surface area contributed by atoms with Crippen LogP contribution in [0.1, 0.15) is 42.1 Å². The van der Waals surface area contributed by atoms with Gasteiger partial charge in [0.15, 0.2) is 5.96 Å². The van der Waals surface area contributed by atoms with Gasteiger partial charge in [-0.3, -0.25) is 0 Å². The second-order valence-electron chi connectivity index (χ2n) is 6.21. The summed E-state index contributed by atoms with van der Waals surface area (Å²) in [6.07, 6.45) is 3.99. The van der Waals surface area contributed by atoms with Gasteiger partial charge in [-0.05, 0) is 50.6 Å². The number of hydrogen-bond acceptors (Lipinski definition) is 4. The molecule has 0 aromatic heterocycles. The maximum Gasteiger partial charge on any atom is 0.337 e. The first-order chi connectivity index (χ1) is 12.2. The molecule has 0 bridgehead atoms. The second kappa shape index (κ2) is 10.7. The summed E-state index contributed by atoms with van der Waals surface area (Å²) in [5, 5.41) is 6.68. The Labute approximate surface area is 150 Å². The number of ether oxygens (including phenoxy) is 1. The molecule has 138 valence electrons. The zero-order chi connectivity index (χ0) is 17.9. The molecule has 1 aliphatic rings. The number of likely N-dealkylation sites (tertiary alicyclic amines) is 1. The number of rotatable bonds is 7. The molecule has 0 saturated carbocycles. The van der Waals surface area contributed by atoms with Gasteiger partial charge >= 0.3 is 5.97 Å². The van der Waals surface area contributed by atoms with Gasteiger partial charge in [0.1, 0.15) is 0 Å². The summed E-state index contributed by atoms with van der Waals surface area (Å²) < 4.78 is 4.71. The van der Waals surface area contributed by atoms with E-state index in [4.69, 9.17) is 4.74 Å². The van der Waals surface area contributed by atoms with Crippen LogP contribution in [-0.2, 0) is 11.3 Å². The fraction of sp³-hybridized carbons (Fsp3) is 0.579. The maximum atomic E-state index is 11.5. The molecular weight excluding hydrogens is 316 g/mol. The van der Waals surface area contributed by atoms with Gasteiger partial charge in [0.25, 0.3) is 0 Å². The molecular formula is C19H30N4O2. The minimum Gasteiger partial charge on any atom is -0.465 e. The number of benzene rings is 1. The second-order valence-corrected chi connectivity index (χ2v) is 6.21. The van der Waals surface area contributed by atoms with E-state index in [-0.39, 0.29) is 5.97 Å². The Hall–Kier alpha value is -2.08. The van der Waals surface area contributed by atoms with E-state index >= 15 is 0 Å². The van der Waals surface area contributed by atoms with E-state index in [1.54, 1.807) is 12.1 Å². The van der Waals surface area contributed by atoms with Gasteiger partial charge in [0.05, 0.1) is 19.2 Å². The molecule has 6 nitrogen and oxygen atoms in total. The minimum atomic E-state index is -0.317. The zero-order valence-corrected chi connectivity index (χ0v) is 15.4. The van der Waals surface area contributed by atoms with E-state index in [2.05, 4.69) is 27.4 Å². The maximum absolute atomic E-state index is 11.5. The average molecular weight is 346 g/mol. The molecule has 1 saturated heterocycles. The molecule has 25 heavy (non-hydrogen) atoms. The van der Waals surface area contributed by atoms with Crippen molar-refractivity contribution in [2.24, 2.45) is 4.99 Å². The molecule has 0 amide bonds. The highest BCUT2D eigenvalue weighted by Crippen LogP contribution is 2.08. The van der Waals surface area contributed by atoms with Gasteiger partial charge < -0.3 is 20.3 Å². The Bertz CT molecular complexity index is 551. The highest BCUT2D eigenvalue weighted by Gasteiger charge is 2.09. The summed E-state index contributed by atoms with van der Waals surface area (Å²) in [4.78, 5) is 18.6. The summed E-state index contributed by atoms with van der Waals surface area (Å²) in [6.45, 7) is 7.83. The molecule has 2 N–H and O–H groups in total. The molecule has 0 radical (unpaired) electrons. The van der Waals surface area contributed by atoms with Gasteiger partial charge in [0.2, 0.25) is 0 Å². The Morgan fingerprint density at radius 2 is 1.88 bits per heavy atom. The highest BCUT2D eigenvalue weighted by atomic mass is 16.5. The Kier molecular flexibility index (Phi) is 8.25. The molecule has 0 unspecified atom stereocenters. The number of hydrogen-bond donors (Lipinski definition) is 2. The predicted molar refractivity (Wildman–Crippen MR) is 101 cm³/mol. The van der Waals surface area contributed by atoms with E-state index in [0.29, 0.717) is 12.1 Å². The molecule has 1 heterocycles. The average Bonchev–Trinajstić information content (AvgIpc) is 2.66.